The van der Waals surface area contributed by atoms with Crippen LogP contribution in [0.5, 0.6) is 0 Å². The Kier molecular flexibility index (Phi) is 8.05. The summed E-state index contributed by atoms with van der Waals surface area (Å²) in [5.41, 5.74) is 4.05. The van der Waals surface area contributed by atoms with Crippen molar-refractivity contribution >= 4 is 23.0 Å². The number of hydrogen-bond donors (Lipinski definition) is 2. The highest BCUT2D eigenvalue weighted by molar-refractivity contribution is 5.77. The fraction of sp³-hybridized carbons (Fsp3) is 0.500. The van der Waals surface area contributed by atoms with Gasteiger partial charge in [0.15, 0.2) is 0 Å². The van der Waals surface area contributed by atoms with Gasteiger partial charge in [-0.15, -0.1) is 0 Å². The minimum atomic E-state index is -0.268. The molecule has 0 aliphatic carbocycles. The lowest BCUT2D eigenvalue weighted by Gasteiger charge is -2.36. The molecule has 2 aromatic rings. The Morgan fingerprint density at radius 2 is 1.53 bits per heavy atom. The Bertz CT molecular complexity index is 918. The van der Waals surface area contributed by atoms with Crippen molar-refractivity contribution in [3.63, 3.8) is 0 Å². The van der Waals surface area contributed by atoms with Crippen molar-refractivity contribution in [2.45, 2.75) is 32.6 Å². The van der Waals surface area contributed by atoms with Crippen molar-refractivity contribution in [2.24, 2.45) is 0 Å². The highest BCUT2D eigenvalue weighted by atomic mass is 16.5. The molecule has 2 aliphatic heterocycles. The normalized spacial score (nSPS) is 21.9. The van der Waals surface area contributed by atoms with Crippen molar-refractivity contribution < 1.29 is 14.7 Å². The van der Waals surface area contributed by atoms with E-state index in [2.05, 4.69) is 65.2 Å². The Morgan fingerprint density at radius 3 is 2.12 bits per heavy atom. The Morgan fingerprint density at radius 1 is 0.971 bits per heavy atom. The van der Waals surface area contributed by atoms with Crippen LogP contribution in [-0.2, 0) is 16.1 Å². The maximum Gasteiger partial charge on any atom is 0.260 e. The summed E-state index contributed by atoms with van der Waals surface area (Å²) in [4.78, 5) is 19.1. The van der Waals surface area contributed by atoms with Crippen LogP contribution in [0, 0.1) is 0 Å². The smallest absolute Gasteiger partial charge is 0.260 e. The second-order valence-electron chi connectivity index (χ2n) is 9.56. The maximum absolute atomic E-state index is 12.4. The third-order valence-corrected chi connectivity index (χ3v) is 6.47. The molecule has 0 saturated carbocycles. The first-order chi connectivity index (χ1) is 16.4. The summed E-state index contributed by atoms with van der Waals surface area (Å²) < 4.78 is 5.83. The van der Waals surface area contributed by atoms with E-state index in [1.54, 1.807) is 0 Å². The van der Waals surface area contributed by atoms with Gasteiger partial charge in [0, 0.05) is 56.3 Å². The Balaban J connectivity index is 1.26. The van der Waals surface area contributed by atoms with Crippen LogP contribution < -0.4 is 10.2 Å². The number of hydroxylamine groups is 2. The second kappa shape index (κ2) is 11.2. The predicted octanol–water partition coefficient (Wildman–Crippen LogP) is 3.01. The van der Waals surface area contributed by atoms with E-state index in [9.17, 15) is 10.0 Å². The SMILES string of the molecule is CC1CN(c2ccc(Nc3ccc(CN(O)C(=O)CN4CCN(C)CC4)cc3)cc2)CC(C)O1. The molecule has 2 aromatic carbocycles. The molecule has 0 aromatic heterocycles. The third-order valence-electron chi connectivity index (χ3n) is 6.47. The molecule has 2 heterocycles. The van der Waals surface area contributed by atoms with E-state index in [1.807, 2.05) is 24.3 Å². The van der Waals surface area contributed by atoms with Crippen LogP contribution in [0.4, 0.5) is 17.1 Å². The quantitative estimate of drug-likeness (QED) is 0.479. The molecule has 0 spiro atoms. The highest BCUT2D eigenvalue weighted by Crippen LogP contribution is 2.24. The minimum absolute atomic E-state index is 0.179. The fourth-order valence-corrected chi connectivity index (χ4v) is 4.54. The number of rotatable bonds is 7. The molecule has 4 rings (SSSR count). The lowest BCUT2D eigenvalue weighted by molar-refractivity contribution is -0.169. The number of hydrogen-bond acceptors (Lipinski definition) is 7. The van der Waals surface area contributed by atoms with Crippen molar-refractivity contribution in [1.29, 1.82) is 0 Å². The van der Waals surface area contributed by atoms with Crippen LogP contribution in [0.1, 0.15) is 19.4 Å². The van der Waals surface area contributed by atoms with Gasteiger partial charge in [0.1, 0.15) is 0 Å². The Hall–Kier alpha value is -2.65. The summed E-state index contributed by atoms with van der Waals surface area (Å²) >= 11 is 0. The number of benzene rings is 2. The molecule has 0 bridgehead atoms. The standard InChI is InChI=1S/C26H37N5O3/c1-20-16-30(17-21(2)34-20)25-10-8-24(9-11-25)27-23-6-4-22(5-7-23)18-31(33)26(32)19-29-14-12-28(3)13-15-29/h4-11,20-21,27,33H,12-19H2,1-3H3. The monoisotopic (exact) mass is 467 g/mol. The van der Waals surface area contributed by atoms with Gasteiger partial charge in [-0.25, -0.2) is 5.06 Å². The zero-order chi connectivity index (χ0) is 24.1. The van der Waals surface area contributed by atoms with E-state index in [1.165, 1.54) is 5.69 Å². The first-order valence-corrected chi connectivity index (χ1v) is 12.1. The number of piperazine rings is 1. The summed E-state index contributed by atoms with van der Waals surface area (Å²) in [6.07, 6.45) is 0.467. The van der Waals surface area contributed by atoms with Crippen LogP contribution in [-0.4, -0.2) is 91.0 Å². The van der Waals surface area contributed by atoms with Crippen molar-refractivity contribution in [3.8, 4) is 0 Å². The maximum atomic E-state index is 12.4. The largest absolute Gasteiger partial charge is 0.372 e. The average molecular weight is 468 g/mol. The van der Waals surface area contributed by atoms with Gasteiger partial charge in [0.25, 0.3) is 5.91 Å². The number of nitrogens with zero attached hydrogens (tertiary/aromatic N) is 4. The van der Waals surface area contributed by atoms with Gasteiger partial charge in [-0.1, -0.05) is 12.1 Å². The zero-order valence-electron chi connectivity index (χ0n) is 20.5. The molecular weight excluding hydrogens is 430 g/mol. The minimum Gasteiger partial charge on any atom is -0.372 e. The van der Waals surface area contributed by atoms with Crippen LogP contribution in [0.3, 0.4) is 0 Å². The van der Waals surface area contributed by atoms with Gasteiger partial charge < -0.3 is 19.9 Å². The van der Waals surface area contributed by atoms with Crippen molar-refractivity contribution in [2.75, 3.05) is 63.1 Å². The van der Waals surface area contributed by atoms with Crippen LogP contribution >= 0.6 is 0 Å². The molecule has 8 heteroatoms. The zero-order valence-corrected chi connectivity index (χ0v) is 20.5. The number of carbonyl (C=O) groups is 1. The van der Waals surface area contributed by atoms with E-state index in [4.69, 9.17) is 4.74 Å². The summed E-state index contributed by atoms with van der Waals surface area (Å²) in [7, 11) is 2.08. The fourth-order valence-electron chi connectivity index (χ4n) is 4.54. The Labute approximate surface area is 202 Å². The molecule has 8 nitrogen and oxygen atoms in total. The molecule has 0 radical (unpaired) electrons. The number of ether oxygens (including phenoxy) is 1. The molecule has 184 valence electrons. The molecule has 2 N–H and O–H groups in total. The average Bonchev–Trinajstić information content (AvgIpc) is 2.81. The number of nitrogens with one attached hydrogen (secondary N) is 1. The number of carbonyl (C=O) groups excluding carboxylic acids is 1. The molecule has 2 unspecified atom stereocenters. The number of anilines is 3. The molecule has 2 saturated heterocycles. The summed E-state index contributed by atoms with van der Waals surface area (Å²) in [6, 6.07) is 16.2. The van der Waals surface area contributed by atoms with E-state index in [-0.39, 0.29) is 31.2 Å². The molecule has 34 heavy (non-hydrogen) atoms. The molecular formula is C26H37N5O3. The van der Waals surface area contributed by atoms with E-state index in [0.29, 0.717) is 0 Å². The second-order valence-corrected chi connectivity index (χ2v) is 9.56. The van der Waals surface area contributed by atoms with E-state index in [0.717, 1.165) is 61.3 Å². The molecule has 1 amide bonds. The van der Waals surface area contributed by atoms with Crippen LogP contribution in [0.2, 0.25) is 0 Å². The lowest BCUT2D eigenvalue weighted by Crippen LogP contribution is -2.48. The van der Waals surface area contributed by atoms with Gasteiger partial charge in [-0.3, -0.25) is 14.9 Å². The lowest BCUT2D eigenvalue weighted by atomic mass is 10.1. The summed E-state index contributed by atoms with van der Waals surface area (Å²) in [6.45, 7) is 10.0. The van der Waals surface area contributed by atoms with Gasteiger partial charge in [-0.2, -0.15) is 0 Å². The molecule has 2 atom stereocenters. The van der Waals surface area contributed by atoms with E-state index >= 15 is 0 Å². The van der Waals surface area contributed by atoms with Crippen LogP contribution in [0.25, 0.3) is 0 Å². The number of amides is 1. The molecule has 2 fully saturated rings. The van der Waals surface area contributed by atoms with Gasteiger partial charge >= 0.3 is 0 Å². The van der Waals surface area contributed by atoms with Gasteiger partial charge in [-0.05, 0) is 62.9 Å². The molecule has 2 aliphatic rings. The van der Waals surface area contributed by atoms with Gasteiger partial charge in [0.2, 0.25) is 0 Å². The number of morpholine rings is 1. The van der Waals surface area contributed by atoms with E-state index < -0.39 is 0 Å². The first-order valence-electron chi connectivity index (χ1n) is 12.1. The third kappa shape index (κ3) is 6.70. The van der Waals surface area contributed by atoms with Crippen molar-refractivity contribution in [1.82, 2.24) is 14.9 Å². The topological polar surface area (TPSA) is 71.5 Å². The highest BCUT2D eigenvalue weighted by Gasteiger charge is 2.22. The van der Waals surface area contributed by atoms with Crippen molar-refractivity contribution in [3.05, 3.63) is 54.1 Å². The summed E-state index contributed by atoms with van der Waals surface area (Å²) in [5.74, 6) is -0.268. The van der Waals surface area contributed by atoms with Crippen LogP contribution in [0.15, 0.2) is 48.5 Å². The predicted molar refractivity (Wildman–Crippen MR) is 135 cm³/mol. The summed E-state index contributed by atoms with van der Waals surface area (Å²) in [5, 5.41) is 14.5. The first kappa shape index (κ1) is 24.5. The van der Waals surface area contributed by atoms with Gasteiger partial charge in [0.05, 0.1) is 25.3 Å². The number of likely N-dealkylation sites (N-methyl/N-ethyl adjacent to an activating group) is 1.